The van der Waals surface area contributed by atoms with E-state index in [4.69, 9.17) is 9.29 Å². The second-order valence-electron chi connectivity index (χ2n) is 3.40. The lowest BCUT2D eigenvalue weighted by Crippen LogP contribution is -2.16. The van der Waals surface area contributed by atoms with Crippen LogP contribution in [0.4, 0.5) is 0 Å². The van der Waals surface area contributed by atoms with E-state index in [0.717, 1.165) is 19.3 Å². The molecule has 0 unspecified atom stereocenters. The highest BCUT2D eigenvalue weighted by molar-refractivity contribution is 7.85. The maximum Gasteiger partial charge on any atom is 0.333 e. The maximum atomic E-state index is 11.3. The van der Waals surface area contributed by atoms with E-state index in [9.17, 15) is 13.2 Å². The summed E-state index contributed by atoms with van der Waals surface area (Å²) in [4.78, 5) is 11.3. The van der Waals surface area contributed by atoms with Crippen molar-refractivity contribution in [3.05, 3.63) is 11.6 Å². The van der Waals surface area contributed by atoms with Gasteiger partial charge in [0.05, 0.1) is 0 Å². The second kappa shape index (κ2) is 5.27. The molecule has 0 heterocycles. The minimum Gasteiger partial charge on any atom is -0.461 e. The van der Waals surface area contributed by atoms with Gasteiger partial charge in [-0.2, -0.15) is 8.42 Å². The van der Waals surface area contributed by atoms with Gasteiger partial charge in [0.25, 0.3) is 10.1 Å². The van der Waals surface area contributed by atoms with Gasteiger partial charge < -0.3 is 4.74 Å². The molecule has 6 heteroatoms. The van der Waals surface area contributed by atoms with Crippen molar-refractivity contribution in [2.75, 3.05) is 12.4 Å². The molecule has 0 aromatic carbocycles. The molecule has 0 aliphatic heterocycles. The first-order valence-corrected chi connectivity index (χ1v) is 6.41. The Morgan fingerprint density at radius 2 is 2.20 bits per heavy atom. The predicted molar refractivity (Wildman–Crippen MR) is 53.9 cm³/mol. The Morgan fingerprint density at radius 3 is 2.73 bits per heavy atom. The van der Waals surface area contributed by atoms with Crippen LogP contribution in [0, 0.1) is 0 Å². The highest BCUT2D eigenvalue weighted by Gasteiger charge is 2.14. The van der Waals surface area contributed by atoms with Crippen molar-refractivity contribution in [2.24, 2.45) is 0 Å². The van der Waals surface area contributed by atoms with Crippen molar-refractivity contribution in [2.45, 2.75) is 25.7 Å². The molecule has 0 fully saturated rings. The van der Waals surface area contributed by atoms with Crippen molar-refractivity contribution in [3.8, 4) is 0 Å². The SMILES string of the molecule is O=C(OCCS(=O)(=O)O)C1=CCCCC1. The zero-order valence-electron chi connectivity index (χ0n) is 8.31. The molecule has 1 aliphatic carbocycles. The lowest BCUT2D eigenvalue weighted by atomic mass is 10.00. The highest BCUT2D eigenvalue weighted by Crippen LogP contribution is 2.18. The largest absolute Gasteiger partial charge is 0.461 e. The van der Waals surface area contributed by atoms with Gasteiger partial charge in [0.15, 0.2) is 0 Å². The number of carbonyl (C=O) groups excluding carboxylic acids is 1. The monoisotopic (exact) mass is 234 g/mol. The lowest BCUT2D eigenvalue weighted by molar-refractivity contribution is -0.138. The summed E-state index contributed by atoms with van der Waals surface area (Å²) in [7, 11) is -4.05. The standard InChI is InChI=1S/C9H14O5S/c10-9(8-4-2-1-3-5-8)14-6-7-15(11,12)13/h4H,1-3,5-7H2,(H,11,12,13). The van der Waals surface area contributed by atoms with Crippen molar-refractivity contribution in [3.63, 3.8) is 0 Å². The third-order valence-corrected chi connectivity index (χ3v) is 2.81. The number of hydrogen-bond donors (Lipinski definition) is 1. The zero-order valence-corrected chi connectivity index (χ0v) is 9.12. The summed E-state index contributed by atoms with van der Waals surface area (Å²) < 4.78 is 33.8. The Hall–Kier alpha value is -0.880. The molecule has 5 nitrogen and oxygen atoms in total. The van der Waals surface area contributed by atoms with E-state index in [1.54, 1.807) is 0 Å². The summed E-state index contributed by atoms with van der Waals surface area (Å²) >= 11 is 0. The molecule has 15 heavy (non-hydrogen) atoms. The van der Waals surface area contributed by atoms with Crippen molar-refractivity contribution >= 4 is 16.1 Å². The number of ether oxygens (including phenoxy) is 1. The summed E-state index contributed by atoms with van der Waals surface area (Å²) in [6, 6.07) is 0. The fourth-order valence-corrected chi connectivity index (χ4v) is 1.65. The first-order chi connectivity index (χ1) is 6.99. The zero-order chi connectivity index (χ0) is 11.3. The summed E-state index contributed by atoms with van der Waals surface area (Å²) in [6.45, 7) is -0.297. The Bertz CT molecular complexity index is 355. The van der Waals surface area contributed by atoms with E-state index in [1.165, 1.54) is 0 Å². The van der Waals surface area contributed by atoms with Crippen LogP contribution in [0.15, 0.2) is 11.6 Å². The topological polar surface area (TPSA) is 80.7 Å². The van der Waals surface area contributed by atoms with E-state index in [0.29, 0.717) is 12.0 Å². The molecule has 1 N–H and O–H groups in total. The molecule has 0 aromatic heterocycles. The quantitative estimate of drug-likeness (QED) is 0.577. The number of esters is 1. The fourth-order valence-electron chi connectivity index (χ4n) is 1.36. The van der Waals surface area contributed by atoms with Crippen LogP contribution in [0.2, 0.25) is 0 Å². The summed E-state index contributed by atoms with van der Waals surface area (Å²) in [5, 5.41) is 0. The highest BCUT2D eigenvalue weighted by atomic mass is 32.2. The Labute approximate surface area is 88.9 Å². The van der Waals surface area contributed by atoms with Gasteiger partial charge in [-0.3, -0.25) is 4.55 Å². The summed E-state index contributed by atoms with van der Waals surface area (Å²) in [5.74, 6) is -1.02. The minimum absolute atomic E-state index is 0.297. The molecule has 0 saturated heterocycles. The van der Waals surface area contributed by atoms with Crippen LogP contribution >= 0.6 is 0 Å². The molecule has 0 aromatic rings. The number of carbonyl (C=O) groups is 1. The molecular formula is C9H14O5S. The molecular weight excluding hydrogens is 220 g/mol. The van der Waals surface area contributed by atoms with Crippen LogP contribution < -0.4 is 0 Å². The number of rotatable bonds is 4. The van der Waals surface area contributed by atoms with Crippen molar-refractivity contribution in [1.82, 2.24) is 0 Å². The molecule has 0 bridgehead atoms. The fraction of sp³-hybridized carbons (Fsp3) is 0.667. The van der Waals surface area contributed by atoms with Crippen LogP contribution in [0.5, 0.6) is 0 Å². The third-order valence-electron chi connectivity index (χ3n) is 2.13. The van der Waals surface area contributed by atoms with Crippen LogP contribution in [0.25, 0.3) is 0 Å². The average molecular weight is 234 g/mol. The number of allylic oxidation sites excluding steroid dienone is 1. The molecule has 0 spiro atoms. The summed E-state index contributed by atoms with van der Waals surface area (Å²) in [6.07, 6.45) is 5.40. The molecule has 0 saturated carbocycles. The van der Waals surface area contributed by atoms with E-state index in [-0.39, 0.29) is 6.61 Å². The van der Waals surface area contributed by atoms with E-state index in [1.807, 2.05) is 6.08 Å². The predicted octanol–water partition coefficient (Wildman–Crippen LogP) is 0.918. The molecule has 86 valence electrons. The van der Waals surface area contributed by atoms with Gasteiger partial charge >= 0.3 is 5.97 Å². The van der Waals surface area contributed by atoms with Crippen LogP contribution in [0.1, 0.15) is 25.7 Å². The van der Waals surface area contributed by atoms with E-state index >= 15 is 0 Å². The van der Waals surface area contributed by atoms with Crippen LogP contribution in [-0.4, -0.2) is 31.3 Å². The Kier molecular flexibility index (Phi) is 4.28. The van der Waals surface area contributed by atoms with Crippen LogP contribution in [0.3, 0.4) is 0 Å². The molecule has 0 radical (unpaired) electrons. The molecule has 1 aliphatic rings. The molecule has 0 atom stereocenters. The smallest absolute Gasteiger partial charge is 0.333 e. The normalized spacial score (nSPS) is 17.0. The first kappa shape index (κ1) is 12.2. The second-order valence-corrected chi connectivity index (χ2v) is 4.97. The minimum atomic E-state index is -4.05. The van der Waals surface area contributed by atoms with Crippen molar-refractivity contribution < 1.29 is 22.5 Å². The Morgan fingerprint density at radius 1 is 1.47 bits per heavy atom. The van der Waals surface area contributed by atoms with Gasteiger partial charge in [0.2, 0.25) is 0 Å². The van der Waals surface area contributed by atoms with Gasteiger partial charge in [0, 0.05) is 5.57 Å². The van der Waals surface area contributed by atoms with Crippen molar-refractivity contribution in [1.29, 1.82) is 0 Å². The van der Waals surface area contributed by atoms with Gasteiger partial charge in [0.1, 0.15) is 12.4 Å². The van der Waals surface area contributed by atoms with E-state index < -0.39 is 21.8 Å². The first-order valence-electron chi connectivity index (χ1n) is 4.80. The molecule has 1 rings (SSSR count). The maximum absolute atomic E-state index is 11.3. The summed E-state index contributed by atoms with van der Waals surface area (Å²) in [5.41, 5.74) is 0.608. The third kappa shape index (κ3) is 4.94. The van der Waals surface area contributed by atoms with Gasteiger partial charge in [-0.05, 0) is 25.7 Å². The lowest BCUT2D eigenvalue weighted by Gasteiger charge is -2.11. The Balaban J connectivity index is 2.33. The average Bonchev–Trinajstić information content (AvgIpc) is 2.17. The number of hydrogen-bond acceptors (Lipinski definition) is 4. The van der Waals surface area contributed by atoms with Gasteiger partial charge in [-0.1, -0.05) is 6.08 Å². The van der Waals surface area contributed by atoms with Gasteiger partial charge in [-0.15, -0.1) is 0 Å². The molecule has 0 amide bonds. The van der Waals surface area contributed by atoms with Crippen LogP contribution in [-0.2, 0) is 19.6 Å². The van der Waals surface area contributed by atoms with E-state index in [2.05, 4.69) is 0 Å². The van der Waals surface area contributed by atoms with Gasteiger partial charge in [-0.25, -0.2) is 4.79 Å².